The number of halogens is 1. The second-order valence-corrected chi connectivity index (χ2v) is 3.69. The van der Waals surface area contributed by atoms with E-state index < -0.39 is 5.97 Å². The van der Waals surface area contributed by atoms with Crippen LogP contribution in [0, 0.1) is 0 Å². The lowest BCUT2D eigenvalue weighted by atomic mass is 10.1. The molecule has 0 aromatic heterocycles. The number of anilines is 1. The third-order valence-electron chi connectivity index (χ3n) is 2.08. The van der Waals surface area contributed by atoms with Gasteiger partial charge in [0.05, 0.1) is 12.7 Å². The first kappa shape index (κ1) is 12.8. The Morgan fingerprint density at radius 3 is 2.94 bits per heavy atom. The Balaban J connectivity index is 2.85. The second kappa shape index (κ2) is 6.35. The van der Waals surface area contributed by atoms with E-state index in [-0.39, 0.29) is 0 Å². The van der Waals surface area contributed by atoms with Gasteiger partial charge >= 0.3 is 5.97 Å². The first-order chi connectivity index (χ1) is 7.69. The highest BCUT2D eigenvalue weighted by Gasteiger charge is 2.11. The molecule has 1 aromatic rings. The number of carbonyl (C=O) groups excluding carboxylic acids is 1. The van der Waals surface area contributed by atoms with Crippen molar-refractivity contribution in [2.45, 2.75) is 6.42 Å². The highest BCUT2D eigenvalue weighted by Crippen LogP contribution is 2.21. The van der Waals surface area contributed by atoms with Crippen molar-refractivity contribution in [1.82, 2.24) is 0 Å². The Bertz CT molecular complexity index is 369. The molecule has 16 heavy (non-hydrogen) atoms. The molecule has 0 atom stereocenters. The maximum Gasteiger partial charge on any atom is 0.340 e. The summed E-state index contributed by atoms with van der Waals surface area (Å²) in [4.78, 5) is 11.5. The van der Waals surface area contributed by atoms with Gasteiger partial charge in [0.25, 0.3) is 0 Å². The van der Waals surface area contributed by atoms with E-state index in [1.54, 1.807) is 18.2 Å². The minimum atomic E-state index is -0.405. The zero-order valence-corrected chi connectivity index (χ0v) is 9.88. The lowest BCUT2D eigenvalue weighted by Gasteiger charge is -2.10. The Morgan fingerprint density at radius 1 is 1.56 bits per heavy atom. The average Bonchev–Trinajstić information content (AvgIpc) is 2.30. The monoisotopic (exact) mass is 242 g/mol. The molecule has 88 valence electrons. The fraction of sp³-hybridized carbons (Fsp3) is 0.364. The minimum absolute atomic E-state index is 0.405. The minimum Gasteiger partial charge on any atom is -0.465 e. The number of benzene rings is 1. The van der Waals surface area contributed by atoms with Crippen molar-refractivity contribution in [3.8, 4) is 0 Å². The first-order valence-corrected chi connectivity index (χ1v) is 5.38. The van der Waals surface area contributed by atoms with Crippen LogP contribution in [0.1, 0.15) is 16.8 Å². The Labute approximate surface area is 99.7 Å². The van der Waals surface area contributed by atoms with Crippen molar-refractivity contribution in [3.63, 3.8) is 0 Å². The van der Waals surface area contributed by atoms with Gasteiger partial charge in [-0.05, 0) is 31.2 Å². The highest BCUT2D eigenvalue weighted by molar-refractivity contribution is 6.31. The molecular formula is C11H15ClN2O2. The number of esters is 1. The highest BCUT2D eigenvalue weighted by atomic mass is 35.5. The van der Waals surface area contributed by atoms with Crippen LogP contribution in [0.4, 0.5) is 5.69 Å². The summed E-state index contributed by atoms with van der Waals surface area (Å²) in [7, 11) is 1.34. The molecule has 0 amide bonds. The molecule has 0 fully saturated rings. The molecule has 0 aliphatic rings. The number of carbonyl (C=O) groups is 1. The zero-order valence-electron chi connectivity index (χ0n) is 9.13. The number of ether oxygens (including phenoxy) is 1. The Hall–Kier alpha value is -1.26. The quantitative estimate of drug-likeness (QED) is 0.611. The van der Waals surface area contributed by atoms with Gasteiger partial charge in [-0.1, -0.05) is 11.6 Å². The molecule has 1 rings (SSSR count). The van der Waals surface area contributed by atoms with E-state index in [1.165, 1.54) is 7.11 Å². The first-order valence-electron chi connectivity index (χ1n) is 5.01. The smallest absolute Gasteiger partial charge is 0.340 e. The van der Waals surface area contributed by atoms with Crippen LogP contribution in [0.25, 0.3) is 0 Å². The molecule has 0 heterocycles. The average molecular weight is 243 g/mol. The van der Waals surface area contributed by atoms with Crippen LogP contribution in [0.2, 0.25) is 5.02 Å². The van der Waals surface area contributed by atoms with Gasteiger partial charge in [0.1, 0.15) is 0 Å². The van der Waals surface area contributed by atoms with Crippen LogP contribution in [0.5, 0.6) is 0 Å². The van der Waals surface area contributed by atoms with Gasteiger partial charge in [-0.3, -0.25) is 0 Å². The van der Waals surface area contributed by atoms with E-state index in [2.05, 4.69) is 10.1 Å². The summed E-state index contributed by atoms with van der Waals surface area (Å²) in [5.41, 5.74) is 6.54. The molecule has 0 saturated heterocycles. The predicted molar refractivity (Wildman–Crippen MR) is 65.0 cm³/mol. The van der Waals surface area contributed by atoms with Crippen LogP contribution in [0.3, 0.4) is 0 Å². The van der Waals surface area contributed by atoms with E-state index in [4.69, 9.17) is 17.3 Å². The molecule has 0 bridgehead atoms. The molecule has 0 unspecified atom stereocenters. The fourth-order valence-corrected chi connectivity index (χ4v) is 1.45. The SMILES string of the molecule is COC(=O)c1cc(Cl)ccc1NCCCN. The topological polar surface area (TPSA) is 64.3 Å². The van der Waals surface area contributed by atoms with E-state index in [0.29, 0.717) is 29.4 Å². The number of hydrogen-bond donors (Lipinski definition) is 2. The lowest BCUT2D eigenvalue weighted by Crippen LogP contribution is -2.12. The van der Waals surface area contributed by atoms with Crippen molar-refractivity contribution in [1.29, 1.82) is 0 Å². The molecule has 0 aliphatic heterocycles. The third-order valence-corrected chi connectivity index (χ3v) is 2.32. The summed E-state index contributed by atoms with van der Waals surface area (Å²) in [6.45, 7) is 1.32. The molecule has 4 nitrogen and oxygen atoms in total. The normalized spacial score (nSPS) is 9.94. The largest absolute Gasteiger partial charge is 0.465 e. The molecule has 0 spiro atoms. The predicted octanol–water partition coefficient (Wildman–Crippen LogP) is 1.89. The van der Waals surface area contributed by atoms with Crippen LogP contribution >= 0.6 is 11.6 Å². The van der Waals surface area contributed by atoms with Gasteiger partial charge in [0.15, 0.2) is 0 Å². The van der Waals surface area contributed by atoms with E-state index in [1.807, 2.05) is 0 Å². The van der Waals surface area contributed by atoms with Crippen molar-refractivity contribution in [2.24, 2.45) is 5.73 Å². The Kier molecular flexibility index (Phi) is 5.08. The number of nitrogens with one attached hydrogen (secondary N) is 1. The maximum absolute atomic E-state index is 11.5. The molecule has 0 aliphatic carbocycles. The number of rotatable bonds is 5. The number of methoxy groups -OCH3 is 1. The van der Waals surface area contributed by atoms with Crippen LogP contribution in [-0.2, 0) is 4.74 Å². The summed E-state index contributed by atoms with van der Waals surface area (Å²) in [5.74, 6) is -0.405. The summed E-state index contributed by atoms with van der Waals surface area (Å²) in [6, 6.07) is 5.06. The van der Waals surface area contributed by atoms with Crippen molar-refractivity contribution < 1.29 is 9.53 Å². The van der Waals surface area contributed by atoms with Crippen molar-refractivity contribution in [3.05, 3.63) is 28.8 Å². The van der Waals surface area contributed by atoms with Gasteiger partial charge in [0, 0.05) is 17.3 Å². The number of hydrogen-bond acceptors (Lipinski definition) is 4. The van der Waals surface area contributed by atoms with Gasteiger partial charge in [0.2, 0.25) is 0 Å². The molecule has 0 radical (unpaired) electrons. The second-order valence-electron chi connectivity index (χ2n) is 3.25. The molecule has 5 heteroatoms. The van der Waals surface area contributed by atoms with Gasteiger partial charge < -0.3 is 15.8 Å². The summed E-state index contributed by atoms with van der Waals surface area (Å²) in [6.07, 6.45) is 0.837. The van der Waals surface area contributed by atoms with E-state index in [9.17, 15) is 4.79 Å². The van der Waals surface area contributed by atoms with Gasteiger partial charge in [-0.2, -0.15) is 0 Å². The summed E-state index contributed by atoms with van der Waals surface area (Å²) < 4.78 is 4.68. The Morgan fingerprint density at radius 2 is 2.31 bits per heavy atom. The lowest BCUT2D eigenvalue weighted by molar-refractivity contribution is 0.0602. The van der Waals surface area contributed by atoms with Crippen molar-refractivity contribution in [2.75, 3.05) is 25.5 Å². The van der Waals surface area contributed by atoms with Gasteiger partial charge in [-0.25, -0.2) is 4.79 Å². The van der Waals surface area contributed by atoms with E-state index in [0.717, 1.165) is 6.42 Å². The molecule has 3 N–H and O–H groups in total. The van der Waals surface area contributed by atoms with Crippen LogP contribution in [-0.4, -0.2) is 26.2 Å². The molecule has 0 saturated carbocycles. The fourth-order valence-electron chi connectivity index (χ4n) is 1.27. The van der Waals surface area contributed by atoms with E-state index >= 15 is 0 Å². The standard InChI is InChI=1S/C11H15ClN2O2/c1-16-11(15)9-7-8(12)3-4-10(9)14-6-2-5-13/h3-4,7,14H,2,5-6,13H2,1H3. The van der Waals surface area contributed by atoms with Crippen molar-refractivity contribution >= 4 is 23.3 Å². The summed E-state index contributed by atoms with van der Waals surface area (Å²) in [5, 5.41) is 3.62. The zero-order chi connectivity index (χ0) is 12.0. The molecular weight excluding hydrogens is 228 g/mol. The summed E-state index contributed by atoms with van der Waals surface area (Å²) >= 11 is 5.82. The number of nitrogens with two attached hydrogens (primary N) is 1. The van der Waals surface area contributed by atoms with Gasteiger partial charge in [-0.15, -0.1) is 0 Å². The van der Waals surface area contributed by atoms with Crippen LogP contribution in [0.15, 0.2) is 18.2 Å². The third kappa shape index (κ3) is 3.40. The maximum atomic E-state index is 11.5. The molecule has 1 aromatic carbocycles. The van der Waals surface area contributed by atoms with Crippen LogP contribution < -0.4 is 11.1 Å².